The third kappa shape index (κ3) is 5.58. The average molecular weight is 468 g/mol. The summed E-state index contributed by atoms with van der Waals surface area (Å²) in [5.74, 6) is -2.26. The molecule has 2 aromatic rings. The Bertz CT molecular complexity index is 1030. The standard InChI is InChI=1S/C22H24F3N3O3S/c1-22(2,3)14-7-13(20(29)30)9-28(10-14)11-17-18(23)27-19(32-17)15-6-12(8-26)4-5-16(15)31-21(24)25/h4-6,13-14,21H,7,9-11H2,1-3H3,(H,29,30)/t13-,14-/m1/s1. The van der Waals surface area contributed by atoms with Crippen LogP contribution in [0.2, 0.25) is 0 Å². The third-order valence-corrected chi connectivity index (χ3v) is 6.72. The molecular formula is C22H24F3N3O3S. The molecule has 32 heavy (non-hydrogen) atoms. The average Bonchev–Trinajstić information content (AvgIpc) is 3.07. The molecule has 1 fully saturated rings. The predicted molar refractivity (Wildman–Crippen MR) is 113 cm³/mol. The van der Waals surface area contributed by atoms with Gasteiger partial charge in [-0.1, -0.05) is 20.8 Å². The van der Waals surface area contributed by atoms with Crippen LogP contribution in [0, 0.1) is 34.5 Å². The highest BCUT2D eigenvalue weighted by atomic mass is 32.1. The number of carbonyl (C=O) groups is 1. The molecule has 0 saturated carbocycles. The summed E-state index contributed by atoms with van der Waals surface area (Å²) in [4.78, 5) is 17.7. The molecule has 172 valence electrons. The van der Waals surface area contributed by atoms with E-state index in [1.807, 2.05) is 11.0 Å². The molecule has 1 N–H and O–H groups in total. The van der Waals surface area contributed by atoms with Crippen molar-refractivity contribution >= 4 is 17.3 Å². The topological polar surface area (TPSA) is 86.5 Å². The first-order valence-electron chi connectivity index (χ1n) is 10.1. The highest BCUT2D eigenvalue weighted by Gasteiger charge is 2.37. The Morgan fingerprint density at radius 1 is 1.41 bits per heavy atom. The number of halogens is 3. The Balaban J connectivity index is 1.89. The van der Waals surface area contributed by atoms with Gasteiger partial charge in [0.2, 0.25) is 5.95 Å². The summed E-state index contributed by atoms with van der Waals surface area (Å²) in [6, 6.07) is 5.81. The fourth-order valence-corrected chi connectivity index (χ4v) is 4.85. The first-order valence-corrected chi connectivity index (χ1v) is 10.9. The monoisotopic (exact) mass is 467 g/mol. The Kier molecular flexibility index (Phi) is 7.10. The minimum atomic E-state index is -3.08. The van der Waals surface area contributed by atoms with Crippen LogP contribution >= 0.6 is 11.3 Å². The van der Waals surface area contributed by atoms with E-state index in [0.29, 0.717) is 13.0 Å². The number of thiazole rings is 1. The number of carboxylic acids is 1. The van der Waals surface area contributed by atoms with Crippen LogP contribution in [0.5, 0.6) is 5.75 Å². The molecule has 0 bridgehead atoms. The summed E-state index contributed by atoms with van der Waals surface area (Å²) in [6.07, 6.45) is 0.557. The number of aromatic nitrogens is 1. The Morgan fingerprint density at radius 2 is 2.12 bits per heavy atom. The van der Waals surface area contributed by atoms with E-state index in [2.05, 4.69) is 30.5 Å². The fourth-order valence-electron chi connectivity index (χ4n) is 3.84. The predicted octanol–water partition coefficient (Wildman–Crippen LogP) is 4.99. The smallest absolute Gasteiger partial charge is 0.387 e. The van der Waals surface area contributed by atoms with E-state index >= 15 is 0 Å². The van der Waals surface area contributed by atoms with Gasteiger partial charge >= 0.3 is 12.6 Å². The number of ether oxygens (including phenoxy) is 1. The van der Waals surface area contributed by atoms with Crippen molar-refractivity contribution in [2.75, 3.05) is 13.1 Å². The summed E-state index contributed by atoms with van der Waals surface area (Å²) < 4.78 is 44.8. The molecule has 0 unspecified atom stereocenters. The van der Waals surface area contributed by atoms with Gasteiger partial charge in [-0.2, -0.15) is 18.4 Å². The highest BCUT2D eigenvalue weighted by molar-refractivity contribution is 7.15. The van der Waals surface area contributed by atoms with Gasteiger partial charge in [-0.15, -0.1) is 11.3 Å². The summed E-state index contributed by atoms with van der Waals surface area (Å²) in [5, 5.41) is 18.8. The van der Waals surface area contributed by atoms with Gasteiger partial charge in [0.15, 0.2) is 0 Å². The van der Waals surface area contributed by atoms with Crippen molar-refractivity contribution in [1.29, 1.82) is 5.26 Å². The van der Waals surface area contributed by atoms with Gasteiger partial charge in [0.25, 0.3) is 0 Å². The molecule has 2 atom stereocenters. The number of hydrogen-bond acceptors (Lipinski definition) is 6. The molecule has 0 spiro atoms. The lowest BCUT2D eigenvalue weighted by Gasteiger charge is -2.42. The molecule has 1 aliphatic heterocycles. The molecule has 2 heterocycles. The molecule has 0 amide bonds. The normalized spacial score (nSPS) is 19.7. The molecule has 1 aromatic heterocycles. The SMILES string of the molecule is CC(C)(C)[C@@H]1C[C@@H](C(=O)O)CN(Cc2sc(-c3cc(C#N)ccc3OC(F)F)nc2F)C1. The van der Waals surface area contributed by atoms with E-state index in [1.165, 1.54) is 18.2 Å². The van der Waals surface area contributed by atoms with E-state index in [9.17, 15) is 23.1 Å². The molecule has 1 aliphatic rings. The number of likely N-dealkylation sites (tertiary alicyclic amines) is 1. The largest absolute Gasteiger partial charge is 0.481 e. The van der Waals surface area contributed by atoms with Crippen LogP contribution in [-0.4, -0.2) is 40.7 Å². The molecule has 6 nitrogen and oxygen atoms in total. The van der Waals surface area contributed by atoms with Crippen molar-refractivity contribution in [3.05, 3.63) is 34.6 Å². The lowest BCUT2D eigenvalue weighted by atomic mass is 9.73. The van der Waals surface area contributed by atoms with Gasteiger partial charge in [-0.05, 0) is 36.0 Å². The maximum Gasteiger partial charge on any atom is 0.387 e. The summed E-state index contributed by atoms with van der Waals surface area (Å²) in [6.45, 7) is 4.14. The second-order valence-corrected chi connectivity index (χ2v) is 10.0. The van der Waals surface area contributed by atoms with Crippen molar-refractivity contribution in [1.82, 2.24) is 9.88 Å². The third-order valence-electron chi connectivity index (χ3n) is 5.67. The lowest BCUT2D eigenvalue weighted by Crippen LogP contribution is -2.46. The van der Waals surface area contributed by atoms with Crippen molar-refractivity contribution in [3.8, 4) is 22.4 Å². The van der Waals surface area contributed by atoms with Crippen LogP contribution < -0.4 is 4.74 Å². The van der Waals surface area contributed by atoms with Gasteiger partial charge in [0.1, 0.15) is 10.8 Å². The molecule has 1 aromatic carbocycles. The van der Waals surface area contributed by atoms with Crippen LogP contribution in [-0.2, 0) is 11.3 Å². The number of hydrogen-bond donors (Lipinski definition) is 1. The minimum absolute atomic E-state index is 0.106. The van der Waals surface area contributed by atoms with E-state index < -0.39 is 24.4 Å². The zero-order chi connectivity index (χ0) is 23.6. The summed E-state index contributed by atoms with van der Waals surface area (Å²) >= 11 is 0.976. The highest BCUT2D eigenvalue weighted by Crippen LogP contribution is 2.39. The van der Waals surface area contributed by atoms with E-state index in [4.69, 9.17) is 5.26 Å². The minimum Gasteiger partial charge on any atom is -0.481 e. The first kappa shape index (κ1) is 24.0. The Morgan fingerprint density at radius 3 is 2.72 bits per heavy atom. The van der Waals surface area contributed by atoms with Crippen molar-refractivity contribution < 1.29 is 27.8 Å². The van der Waals surface area contributed by atoms with Crippen LogP contribution in [0.3, 0.4) is 0 Å². The Hall–Kier alpha value is -2.64. The molecule has 1 saturated heterocycles. The number of piperidine rings is 1. The molecule has 10 heteroatoms. The number of nitriles is 1. The maximum atomic E-state index is 14.7. The number of aliphatic carboxylic acids is 1. The van der Waals surface area contributed by atoms with E-state index in [-0.39, 0.29) is 51.2 Å². The molecule has 0 aliphatic carbocycles. The molecular weight excluding hydrogens is 443 g/mol. The van der Waals surface area contributed by atoms with Crippen LogP contribution in [0.4, 0.5) is 13.2 Å². The van der Waals surface area contributed by atoms with Crippen LogP contribution in [0.15, 0.2) is 18.2 Å². The maximum absolute atomic E-state index is 14.7. The van der Waals surface area contributed by atoms with Crippen molar-refractivity contribution in [2.45, 2.75) is 40.3 Å². The number of carboxylic acid groups (broad SMARTS) is 1. The van der Waals surface area contributed by atoms with E-state index in [0.717, 1.165) is 11.3 Å². The number of rotatable bonds is 6. The number of benzene rings is 1. The molecule has 0 radical (unpaired) electrons. The summed E-state index contributed by atoms with van der Waals surface area (Å²) in [5.41, 5.74) is 0.199. The van der Waals surface area contributed by atoms with Gasteiger partial charge in [-0.3, -0.25) is 9.69 Å². The van der Waals surface area contributed by atoms with Crippen LogP contribution in [0.1, 0.15) is 37.6 Å². The van der Waals surface area contributed by atoms with Crippen molar-refractivity contribution in [3.63, 3.8) is 0 Å². The quantitative estimate of drug-likeness (QED) is 0.644. The lowest BCUT2D eigenvalue weighted by molar-refractivity contribution is -0.145. The van der Waals surface area contributed by atoms with Gasteiger partial charge in [0, 0.05) is 19.6 Å². The summed E-state index contributed by atoms with van der Waals surface area (Å²) in [7, 11) is 0. The van der Waals surface area contributed by atoms with Crippen molar-refractivity contribution in [2.24, 2.45) is 17.3 Å². The molecule has 3 rings (SSSR count). The van der Waals surface area contributed by atoms with Gasteiger partial charge in [0.05, 0.1) is 28.0 Å². The van der Waals surface area contributed by atoms with E-state index in [1.54, 1.807) is 0 Å². The van der Waals surface area contributed by atoms with Gasteiger partial charge in [-0.25, -0.2) is 4.98 Å². The second-order valence-electron chi connectivity index (χ2n) is 8.96. The zero-order valence-electron chi connectivity index (χ0n) is 17.9. The number of nitrogens with zero attached hydrogens (tertiary/aromatic N) is 3. The Labute approximate surface area is 188 Å². The first-order chi connectivity index (χ1) is 15.0. The fraction of sp³-hybridized carbons (Fsp3) is 0.500. The van der Waals surface area contributed by atoms with Crippen LogP contribution in [0.25, 0.3) is 10.6 Å². The number of alkyl halides is 2. The zero-order valence-corrected chi connectivity index (χ0v) is 18.8. The van der Waals surface area contributed by atoms with Gasteiger partial charge < -0.3 is 9.84 Å². The second kappa shape index (κ2) is 9.46.